The fraction of sp³-hybridized carbons (Fsp3) is 0.0417. The number of benzene rings is 3. The van der Waals surface area contributed by atoms with Crippen molar-refractivity contribution in [1.29, 1.82) is 0 Å². The lowest BCUT2D eigenvalue weighted by Gasteiger charge is -2.12. The molecule has 156 valence electrons. The molecular weight excluding hydrogens is 404 g/mol. The maximum Gasteiger partial charge on any atom is 0.353 e. The van der Waals surface area contributed by atoms with E-state index in [4.69, 9.17) is 0 Å². The number of aromatic nitrogens is 3. The van der Waals surface area contributed by atoms with Crippen molar-refractivity contribution in [3.63, 3.8) is 0 Å². The van der Waals surface area contributed by atoms with Gasteiger partial charge in [0, 0.05) is 22.2 Å². The van der Waals surface area contributed by atoms with E-state index in [-0.39, 0.29) is 17.3 Å². The molecule has 0 atom stereocenters. The first-order chi connectivity index (χ1) is 15.6. The van der Waals surface area contributed by atoms with Gasteiger partial charge in [-0.2, -0.15) is 0 Å². The lowest BCUT2D eigenvalue weighted by molar-refractivity contribution is -0.383. The topological polar surface area (TPSA) is 106 Å². The van der Waals surface area contributed by atoms with Crippen molar-refractivity contribution in [2.45, 2.75) is 6.92 Å². The van der Waals surface area contributed by atoms with Crippen LogP contribution in [0.25, 0.3) is 21.7 Å². The number of nitrogens with zero attached hydrogens (tertiary/aromatic N) is 4. The number of fused-ring (bicyclic) bond motifs is 2. The lowest BCUT2D eigenvalue weighted by Crippen LogP contribution is -2.06. The Labute approximate surface area is 183 Å². The van der Waals surface area contributed by atoms with Gasteiger partial charge in [0.05, 0.1) is 16.1 Å². The van der Waals surface area contributed by atoms with Crippen molar-refractivity contribution in [3.05, 3.63) is 94.9 Å². The molecule has 0 saturated carbocycles. The van der Waals surface area contributed by atoms with E-state index in [1.54, 1.807) is 0 Å². The van der Waals surface area contributed by atoms with Gasteiger partial charge in [0.1, 0.15) is 6.33 Å². The molecule has 0 saturated heterocycles. The summed E-state index contributed by atoms with van der Waals surface area (Å²) in [6, 6.07) is 23.0. The molecule has 2 heterocycles. The first kappa shape index (κ1) is 19.4. The molecular formula is C24H18N6O2. The first-order valence-corrected chi connectivity index (χ1v) is 9.98. The van der Waals surface area contributed by atoms with Crippen LogP contribution in [0, 0.1) is 17.0 Å². The van der Waals surface area contributed by atoms with E-state index < -0.39 is 4.92 Å². The minimum Gasteiger partial charge on any atom is -0.334 e. The van der Waals surface area contributed by atoms with E-state index >= 15 is 0 Å². The molecule has 2 N–H and O–H groups in total. The Morgan fingerprint density at radius 2 is 1.44 bits per heavy atom. The van der Waals surface area contributed by atoms with E-state index in [0.29, 0.717) is 11.2 Å². The van der Waals surface area contributed by atoms with Gasteiger partial charge >= 0.3 is 5.69 Å². The third-order valence-electron chi connectivity index (χ3n) is 5.16. The highest BCUT2D eigenvalue weighted by atomic mass is 16.6. The van der Waals surface area contributed by atoms with Gasteiger partial charge in [-0.25, -0.2) is 9.97 Å². The Balaban J connectivity index is 1.59. The molecule has 32 heavy (non-hydrogen) atoms. The van der Waals surface area contributed by atoms with Crippen molar-refractivity contribution < 1.29 is 4.92 Å². The maximum absolute atomic E-state index is 12.0. The van der Waals surface area contributed by atoms with Crippen molar-refractivity contribution in [2.75, 3.05) is 10.6 Å². The number of rotatable bonds is 5. The van der Waals surface area contributed by atoms with Crippen LogP contribution in [-0.2, 0) is 0 Å². The van der Waals surface area contributed by atoms with Gasteiger partial charge in [0.25, 0.3) is 0 Å². The lowest BCUT2D eigenvalue weighted by atomic mass is 10.1. The predicted molar refractivity (Wildman–Crippen MR) is 126 cm³/mol. The summed E-state index contributed by atoms with van der Waals surface area (Å²) in [4.78, 5) is 24.4. The molecule has 0 fully saturated rings. The molecule has 3 aromatic carbocycles. The van der Waals surface area contributed by atoms with Gasteiger partial charge in [-0.1, -0.05) is 54.6 Å². The molecule has 0 aliphatic rings. The normalized spacial score (nSPS) is 10.9. The van der Waals surface area contributed by atoms with Gasteiger partial charge < -0.3 is 10.6 Å². The zero-order valence-corrected chi connectivity index (χ0v) is 17.1. The number of nitrogens with one attached hydrogen (secondary N) is 2. The zero-order valence-electron chi connectivity index (χ0n) is 17.1. The zero-order chi connectivity index (χ0) is 22.1. The van der Waals surface area contributed by atoms with Crippen LogP contribution in [0.2, 0.25) is 0 Å². The number of anilines is 4. The van der Waals surface area contributed by atoms with E-state index in [0.717, 1.165) is 27.5 Å². The van der Waals surface area contributed by atoms with Gasteiger partial charge in [0.2, 0.25) is 11.6 Å². The van der Waals surface area contributed by atoms with Crippen LogP contribution in [0.4, 0.5) is 28.7 Å². The summed E-state index contributed by atoms with van der Waals surface area (Å²) in [5, 5.41) is 21.1. The monoisotopic (exact) mass is 422 g/mol. The van der Waals surface area contributed by atoms with E-state index in [1.165, 1.54) is 6.33 Å². The standard InChI is InChI=1S/C24H18N6O2/c1-15-12-13-17-8-5-11-20(21(17)27-15)29-24-22(30(31)32)23(25-14-26-24)28-19-10-4-7-16-6-2-3-9-18(16)19/h2-14H,1H3,(H2,25,26,28,29). The summed E-state index contributed by atoms with van der Waals surface area (Å²) in [5.41, 5.74) is 2.67. The molecule has 0 aliphatic carbocycles. The van der Waals surface area contributed by atoms with Crippen LogP contribution in [0.15, 0.2) is 79.1 Å². The fourth-order valence-corrected chi connectivity index (χ4v) is 3.67. The van der Waals surface area contributed by atoms with Gasteiger partial charge in [-0.3, -0.25) is 15.1 Å². The van der Waals surface area contributed by atoms with Gasteiger partial charge in [-0.15, -0.1) is 0 Å². The Hall–Kier alpha value is -4.59. The second-order valence-electron chi connectivity index (χ2n) is 7.28. The van der Waals surface area contributed by atoms with Crippen LogP contribution in [-0.4, -0.2) is 19.9 Å². The summed E-state index contributed by atoms with van der Waals surface area (Å²) < 4.78 is 0. The molecule has 0 bridgehead atoms. The van der Waals surface area contributed by atoms with Crippen molar-refractivity contribution in [3.8, 4) is 0 Å². The molecule has 0 radical (unpaired) electrons. The highest BCUT2D eigenvalue weighted by Crippen LogP contribution is 2.36. The SMILES string of the molecule is Cc1ccc2cccc(Nc3ncnc(Nc4cccc5ccccc45)c3[N+](=O)[O-])c2n1. The third kappa shape index (κ3) is 3.54. The summed E-state index contributed by atoms with van der Waals surface area (Å²) in [6.07, 6.45) is 1.30. The minimum absolute atomic E-state index is 0.0866. The predicted octanol–water partition coefficient (Wildman–Crippen LogP) is 5.88. The summed E-state index contributed by atoms with van der Waals surface area (Å²) in [5.74, 6) is 0.191. The number of hydrogen-bond donors (Lipinski definition) is 2. The van der Waals surface area contributed by atoms with E-state index in [1.807, 2.05) is 79.7 Å². The highest BCUT2D eigenvalue weighted by molar-refractivity contribution is 5.97. The fourth-order valence-electron chi connectivity index (χ4n) is 3.67. The van der Waals surface area contributed by atoms with Crippen LogP contribution >= 0.6 is 0 Å². The molecule has 0 amide bonds. The van der Waals surface area contributed by atoms with Crippen LogP contribution in [0.5, 0.6) is 0 Å². The average molecular weight is 422 g/mol. The quantitative estimate of drug-likeness (QED) is 0.269. The minimum atomic E-state index is -0.487. The Bertz CT molecular complexity index is 1480. The molecule has 0 aliphatic heterocycles. The van der Waals surface area contributed by atoms with Crippen molar-refractivity contribution in [1.82, 2.24) is 15.0 Å². The van der Waals surface area contributed by atoms with Crippen molar-refractivity contribution >= 4 is 50.4 Å². The largest absolute Gasteiger partial charge is 0.353 e. The molecule has 8 heteroatoms. The third-order valence-corrected chi connectivity index (χ3v) is 5.16. The molecule has 0 unspecified atom stereocenters. The van der Waals surface area contributed by atoms with Crippen LogP contribution in [0.1, 0.15) is 5.69 Å². The van der Waals surface area contributed by atoms with Crippen LogP contribution in [0.3, 0.4) is 0 Å². The highest BCUT2D eigenvalue weighted by Gasteiger charge is 2.24. The number of nitro groups is 1. The second-order valence-corrected chi connectivity index (χ2v) is 7.28. The van der Waals surface area contributed by atoms with Crippen LogP contribution < -0.4 is 10.6 Å². The smallest absolute Gasteiger partial charge is 0.334 e. The first-order valence-electron chi connectivity index (χ1n) is 9.98. The van der Waals surface area contributed by atoms with Crippen molar-refractivity contribution in [2.24, 2.45) is 0 Å². The average Bonchev–Trinajstić information content (AvgIpc) is 2.80. The number of pyridine rings is 1. The number of para-hydroxylation sites is 1. The molecule has 0 spiro atoms. The number of hydrogen-bond acceptors (Lipinski definition) is 7. The number of aryl methyl sites for hydroxylation is 1. The Morgan fingerprint density at radius 1 is 0.781 bits per heavy atom. The summed E-state index contributed by atoms with van der Waals surface area (Å²) in [7, 11) is 0. The molecule has 2 aromatic heterocycles. The van der Waals surface area contributed by atoms with E-state index in [9.17, 15) is 10.1 Å². The maximum atomic E-state index is 12.0. The Kier molecular flexibility index (Phi) is 4.79. The molecule has 8 nitrogen and oxygen atoms in total. The molecule has 5 rings (SSSR count). The van der Waals surface area contributed by atoms with Gasteiger partial charge in [-0.05, 0) is 30.5 Å². The van der Waals surface area contributed by atoms with E-state index in [2.05, 4.69) is 25.6 Å². The molecule has 5 aromatic rings. The Morgan fingerprint density at radius 3 is 2.22 bits per heavy atom. The summed E-state index contributed by atoms with van der Waals surface area (Å²) in [6.45, 7) is 1.90. The summed E-state index contributed by atoms with van der Waals surface area (Å²) >= 11 is 0. The second kappa shape index (κ2) is 7.92. The van der Waals surface area contributed by atoms with Gasteiger partial charge in [0.15, 0.2) is 0 Å².